The highest BCUT2D eigenvalue weighted by Gasteiger charge is 2.07. The minimum Gasteiger partial charge on any atom is -0.342 e. The van der Waals surface area contributed by atoms with Crippen molar-refractivity contribution >= 4 is 22.5 Å². The lowest BCUT2D eigenvalue weighted by atomic mass is 10.3. The van der Waals surface area contributed by atoms with E-state index in [0.29, 0.717) is 11.2 Å². The Morgan fingerprint density at radius 2 is 2.15 bits per heavy atom. The van der Waals surface area contributed by atoms with Gasteiger partial charge < -0.3 is 4.57 Å². The molecule has 0 aliphatic carbocycles. The van der Waals surface area contributed by atoms with E-state index in [2.05, 4.69) is 29.5 Å². The molecule has 0 bridgehead atoms. The van der Waals surface area contributed by atoms with Gasteiger partial charge in [0.25, 0.3) is 0 Å². The summed E-state index contributed by atoms with van der Waals surface area (Å²) in [6.45, 7) is 4.26. The van der Waals surface area contributed by atoms with Gasteiger partial charge in [0.15, 0.2) is 5.15 Å². The molecule has 0 atom stereocenters. The summed E-state index contributed by atoms with van der Waals surface area (Å²) in [5, 5.41) is 1.73. The summed E-state index contributed by atoms with van der Waals surface area (Å²) >= 11 is 6.02. The summed E-state index contributed by atoms with van der Waals surface area (Å²) in [6.07, 6.45) is 3.78. The van der Waals surface area contributed by atoms with Crippen LogP contribution in [0.15, 0.2) is 24.5 Å². The minimum absolute atomic E-state index is 0.416. The molecule has 0 saturated heterocycles. The van der Waals surface area contributed by atoms with E-state index in [9.17, 15) is 0 Å². The Labute approximate surface area is 82.1 Å². The van der Waals surface area contributed by atoms with E-state index in [1.54, 1.807) is 6.20 Å². The smallest absolute Gasteiger partial charge is 0.153 e. The van der Waals surface area contributed by atoms with Crippen LogP contribution in [0.3, 0.4) is 0 Å². The molecule has 2 nitrogen and oxygen atoms in total. The summed E-state index contributed by atoms with van der Waals surface area (Å²) < 4.78 is 2.13. The molecule has 0 aromatic carbocycles. The van der Waals surface area contributed by atoms with E-state index >= 15 is 0 Å². The maximum Gasteiger partial charge on any atom is 0.153 e. The molecule has 2 aromatic heterocycles. The third-order valence-electron chi connectivity index (χ3n) is 2.14. The Hall–Kier alpha value is -1.02. The quantitative estimate of drug-likeness (QED) is 0.638. The van der Waals surface area contributed by atoms with Crippen LogP contribution in [0.1, 0.15) is 19.9 Å². The molecule has 2 aromatic rings. The lowest BCUT2D eigenvalue weighted by Crippen LogP contribution is -1.98. The van der Waals surface area contributed by atoms with Crippen LogP contribution < -0.4 is 0 Å². The zero-order valence-corrected chi connectivity index (χ0v) is 8.42. The zero-order chi connectivity index (χ0) is 9.42. The molecule has 13 heavy (non-hydrogen) atoms. The minimum atomic E-state index is 0.416. The molecule has 2 rings (SSSR count). The van der Waals surface area contributed by atoms with Crippen molar-refractivity contribution in [3.63, 3.8) is 0 Å². The predicted molar refractivity (Wildman–Crippen MR) is 55.1 cm³/mol. The average Bonchev–Trinajstić information content (AvgIpc) is 2.49. The molecule has 0 radical (unpaired) electrons. The van der Waals surface area contributed by atoms with Gasteiger partial charge in [-0.05, 0) is 26.0 Å². The van der Waals surface area contributed by atoms with E-state index in [1.807, 2.05) is 12.3 Å². The fraction of sp³-hybridized carbons (Fsp3) is 0.300. The summed E-state index contributed by atoms with van der Waals surface area (Å²) in [5.41, 5.74) is 1.03. The number of halogens is 1. The highest BCUT2D eigenvalue weighted by Crippen LogP contribution is 2.24. The van der Waals surface area contributed by atoms with Crippen LogP contribution in [0.5, 0.6) is 0 Å². The largest absolute Gasteiger partial charge is 0.342 e. The van der Waals surface area contributed by atoms with Crippen molar-refractivity contribution in [3.05, 3.63) is 29.7 Å². The van der Waals surface area contributed by atoms with E-state index < -0.39 is 0 Å². The second-order valence-corrected chi connectivity index (χ2v) is 3.71. The van der Waals surface area contributed by atoms with Crippen molar-refractivity contribution in [3.8, 4) is 0 Å². The number of aromatic nitrogens is 2. The van der Waals surface area contributed by atoms with E-state index in [4.69, 9.17) is 11.6 Å². The number of hydrogen-bond acceptors (Lipinski definition) is 1. The second-order valence-electron chi connectivity index (χ2n) is 3.36. The van der Waals surface area contributed by atoms with E-state index in [0.717, 1.165) is 10.9 Å². The van der Waals surface area contributed by atoms with Crippen molar-refractivity contribution in [1.82, 2.24) is 9.55 Å². The van der Waals surface area contributed by atoms with Gasteiger partial charge in [-0.3, -0.25) is 0 Å². The van der Waals surface area contributed by atoms with Gasteiger partial charge in [-0.25, -0.2) is 4.98 Å². The number of pyridine rings is 1. The van der Waals surface area contributed by atoms with Crippen molar-refractivity contribution in [2.45, 2.75) is 19.9 Å². The molecular formula is C10H11ClN2. The van der Waals surface area contributed by atoms with Crippen LogP contribution in [0.2, 0.25) is 5.15 Å². The van der Waals surface area contributed by atoms with Crippen LogP contribution >= 0.6 is 11.6 Å². The fourth-order valence-corrected chi connectivity index (χ4v) is 1.76. The Kier molecular flexibility index (Phi) is 2.00. The lowest BCUT2D eigenvalue weighted by molar-refractivity contribution is 0.622. The third-order valence-corrected chi connectivity index (χ3v) is 2.42. The van der Waals surface area contributed by atoms with Gasteiger partial charge >= 0.3 is 0 Å². The molecule has 0 N–H and O–H groups in total. The second kappa shape index (κ2) is 3.04. The third kappa shape index (κ3) is 1.31. The molecule has 0 saturated carbocycles. The van der Waals surface area contributed by atoms with Gasteiger partial charge in [0.05, 0.1) is 5.52 Å². The molecule has 2 heterocycles. The van der Waals surface area contributed by atoms with Crippen LogP contribution in [0.25, 0.3) is 10.9 Å². The van der Waals surface area contributed by atoms with Gasteiger partial charge in [-0.2, -0.15) is 0 Å². The number of nitrogens with zero attached hydrogens (tertiary/aromatic N) is 2. The topological polar surface area (TPSA) is 17.8 Å². The van der Waals surface area contributed by atoms with Crippen molar-refractivity contribution in [1.29, 1.82) is 0 Å². The highest BCUT2D eigenvalue weighted by atomic mass is 35.5. The first-order valence-corrected chi connectivity index (χ1v) is 4.69. The zero-order valence-electron chi connectivity index (χ0n) is 7.66. The number of fused-ring (bicyclic) bond motifs is 1. The van der Waals surface area contributed by atoms with Gasteiger partial charge in [-0.15, -0.1) is 0 Å². The Morgan fingerprint density at radius 3 is 2.85 bits per heavy atom. The molecule has 0 aliphatic rings. The Bertz CT molecular complexity index is 431. The molecule has 0 fully saturated rings. The first kappa shape index (κ1) is 8.57. The number of hydrogen-bond donors (Lipinski definition) is 0. The summed E-state index contributed by atoms with van der Waals surface area (Å²) in [6, 6.07) is 4.45. The van der Waals surface area contributed by atoms with Crippen LogP contribution in [0.4, 0.5) is 0 Å². The van der Waals surface area contributed by atoms with Crippen molar-refractivity contribution in [2.24, 2.45) is 0 Å². The maximum atomic E-state index is 6.02. The van der Waals surface area contributed by atoms with Gasteiger partial charge in [0.2, 0.25) is 0 Å². The summed E-state index contributed by atoms with van der Waals surface area (Å²) in [7, 11) is 0. The first-order valence-electron chi connectivity index (χ1n) is 4.31. The molecule has 0 amide bonds. The van der Waals surface area contributed by atoms with Crippen molar-refractivity contribution in [2.75, 3.05) is 0 Å². The van der Waals surface area contributed by atoms with Crippen LogP contribution in [0, 0.1) is 0 Å². The lowest BCUT2D eigenvalue weighted by Gasteiger charge is -2.09. The fourth-order valence-electron chi connectivity index (χ4n) is 1.50. The SMILES string of the molecule is CC(C)n1ccc2ccnc(Cl)c21. The van der Waals surface area contributed by atoms with E-state index in [-0.39, 0.29) is 0 Å². The predicted octanol–water partition coefficient (Wildman–Crippen LogP) is 3.27. The standard InChI is InChI=1S/C10H11ClN2/c1-7(2)13-6-4-8-3-5-12-10(11)9(8)13/h3-7H,1-2H3. The maximum absolute atomic E-state index is 6.02. The Morgan fingerprint density at radius 1 is 1.38 bits per heavy atom. The highest BCUT2D eigenvalue weighted by molar-refractivity contribution is 6.33. The molecule has 0 unspecified atom stereocenters. The van der Waals surface area contributed by atoms with Crippen LogP contribution in [-0.4, -0.2) is 9.55 Å². The van der Waals surface area contributed by atoms with Gasteiger partial charge in [0.1, 0.15) is 0 Å². The van der Waals surface area contributed by atoms with Crippen molar-refractivity contribution < 1.29 is 0 Å². The van der Waals surface area contributed by atoms with Crippen LogP contribution in [-0.2, 0) is 0 Å². The average molecular weight is 195 g/mol. The van der Waals surface area contributed by atoms with E-state index in [1.165, 1.54) is 0 Å². The Balaban J connectivity index is 2.79. The molecule has 68 valence electrons. The molecule has 0 aliphatic heterocycles. The molecule has 3 heteroatoms. The number of rotatable bonds is 1. The monoisotopic (exact) mass is 194 g/mol. The van der Waals surface area contributed by atoms with Gasteiger partial charge in [0, 0.05) is 23.8 Å². The normalized spacial score (nSPS) is 11.4. The molecular weight excluding hydrogens is 184 g/mol. The first-order chi connectivity index (χ1) is 6.20. The van der Waals surface area contributed by atoms with Gasteiger partial charge in [-0.1, -0.05) is 11.6 Å². The summed E-state index contributed by atoms with van der Waals surface area (Å²) in [4.78, 5) is 4.07. The molecule has 0 spiro atoms. The summed E-state index contributed by atoms with van der Waals surface area (Å²) in [5.74, 6) is 0.